The van der Waals surface area contributed by atoms with Crippen LogP contribution in [-0.2, 0) is 9.59 Å². The minimum Gasteiger partial charge on any atom is -0.481 e. The third kappa shape index (κ3) is 5.57. The van der Waals surface area contributed by atoms with Gasteiger partial charge in [0.05, 0.1) is 6.61 Å². The number of carboxylic acids is 1. The molecule has 0 bridgehead atoms. The van der Waals surface area contributed by atoms with E-state index in [1.54, 1.807) is 0 Å². The van der Waals surface area contributed by atoms with E-state index >= 15 is 0 Å². The highest BCUT2D eigenvalue weighted by atomic mass is 16.4. The van der Waals surface area contributed by atoms with Crippen LogP contribution in [0.1, 0.15) is 26.7 Å². The first-order valence-corrected chi connectivity index (χ1v) is 6.77. The fourth-order valence-corrected chi connectivity index (χ4v) is 2.49. The minimum absolute atomic E-state index is 0.00933. The predicted molar refractivity (Wildman–Crippen MR) is 70.7 cm³/mol. The van der Waals surface area contributed by atoms with Gasteiger partial charge in [-0.25, -0.2) is 0 Å². The SMILES string of the molecule is CC(C)C(=O)NC1CC(CC(=O)O)CN(CCO)C1. The third-order valence-electron chi connectivity index (χ3n) is 3.36. The molecule has 1 amide bonds. The highest BCUT2D eigenvalue weighted by Gasteiger charge is 2.29. The van der Waals surface area contributed by atoms with Crippen LogP contribution in [-0.4, -0.2) is 59.3 Å². The lowest BCUT2D eigenvalue weighted by molar-refractivity contribution is -0.138. The Morgan fingerprint density at radius 2 is 2.05 bits per heavy atom. The normalized spacial score (nSPS) is 24.4. The lowest BCUT2D eigenvalue weighted by Gasteiger charge is -2.37. The summed E-state index contributed by atoms with van der Waals surface area (Å²) >= 11 is 0. The van der Waals surface area contributed by atoms with E-state index in [1.165, 1.54) is 0 Å². The largest absolute Gasteiger partial charge is 0.481 e. The maximum absolute atomic E-state index is 11.7. The highest BCUT2D eigenvalue weighted by Crippen LogP contribution is 2.20. The number of nitrogens with zero attached hydrogens (tertiary/aromatic N) is 1. The Morgan fingerprint density at radius 3 is 2.58 bits per heavy atom. The lowest BCUT2D eigenvalue weighted by Crippen LogP contribution is -2.52. The van der Waals surface area contributed by atoms with E-state index in [0.717, 1.165) is 0 Å². The number of nitrogens with one attached hydrogen (secondary N) is 1. The summed E-state index contributed by atoms with van der Waals surface area (Å²) in [4.78, 5) is 24.5. The number of hydrogen-bond acceptors (Lipinski definition) is 4. The third-order valence-corrected chi connectivity index (χ3v) is 3.36. The summed E-state index contributed by atoms with van der Waals surface area (Å²) in [5.41, 5.74) is 0. The van der Waals surface area contributed by atoms with Gasteiger partial charge in [-0.1, -0.05) is 13.8 Å². The molecule has 1 rings (SSSR count). The van der Waals surface area contributed by atoms with Crippen LogP contribution < -0.4 is 5.32 Å². The second-order valence-electron chi connectivity index (χ2n) is 5.54. The first-order valence-electron chi connectivity index (χ1n) is 6.77. The number of aliphatic hydroxyl groups excluding tert-OH is 1. The topological polar surface area (TPSA) is 89.9 Å². The molecule has 1 fully saturated rings. The Balaban J connectivity index is 2.59. The Kier molecular flexibility index (Phi) is 6.24. The van der Waals surface area contributed by atoms with Gasteiger partial charge in [0, 0.05) is 38.0 Å². The molecule has 0 spiro atoms. The van der Waals surface area contributed by atoms with E-state index in [9.17, 15) is 9.59 Å². The Hall–Kier alpha value is -1.14. The van der Waals surface area contributed by atoms with E-state index in [2.05, 4.69) is 5.32 Å². The molecular weight excluding hydrogens is 248 g/mol. The number of likely N-dealkylation sites (tertiary alicyclic amines) is 1. The first kappa shape index (κ1) is 15.9. The highest BCUT2D eigenvalue weighted by molar-refractivity contribution is 5.78. The predicted octanol–water partition coefficient (Wildman–Crippen LogP) is -0.0839. The van der Waals surface area contributed by atoms with Crippen LogP contribution in [0.5, 0.6) is 0 Å². The van der Waals surface area contributed by atoms with E-state index in [1.807, 2.05) is 18.7 Å². The molecule has 1 aliphatic heterocycles. The van der Waals surface area contributed by atoms with Crippen molar-refractivity contribution in [2.24, 2.45) is 11.8 Å². The first-order chi connectivity index (χ1) is 8.92. The fraction of sp³-hybridized carbons (Fsp3) is 0.846. The molecule has 0 saturated carbocycles. The van der Waals surface area contributed by atoms with Gasteiger partial charge in [0.1, 0.15) is 0 Å². The number of amides is 1. The molecule has 110 valence electrons. The molecule has 0 radical (unpaired) electrons. The van der Waals surface area contributed by atoms with Gasteiger partial charge in [0.15, 0.2) is 0 Å². The zero-order valence-electron chi connectivity index (χ0n) is 11.6. The summed E-state index contributed by atoms with van der Waals surface area (Å²) in [6.07, 6.45) is 0.794. The molecule has 6 heteroatoms. The maximum Gasteiger partial charge on any atom is 0.303 e. The quantitative estimate of drug-likeness (QED) is 0.629. The molecule has 6 nitrogen and oxygen atoms in total. The van der Waals surface area contributed by atoms with Gasteiger partial charge >= 0.3 is 5.97 Å². The van der Waals surface area contributed by atoms with Crippen molar-refractivity contribution in [3.63, 3.8) is 0 Å². The Bertz CT molecular complexity index is 320. The van der Waals surface area contributed by atoms with E-state index in [-0.39, 0.29) is 36.8 Å². The van der Waals surface area contributed by atoms with Crippen molar-refractivity contribution >= 4 is 11.9 Å². The fourth-order valence-electron chi connectivity index (χ4n) is 2.49. The molecule has 1 heterocycles. The van der Waals surface area contributed by atoms with Gasteiger partial charge in [-0.15, -0.1) is 0 Å². The van der Waals surface area contributed by atoms with Crippen LogP contribution in [0, 0.1) is 11.8 Å². The van der Waals surface area contributed by atoms with Crippen LogP contribution in [0.3, 0.4) is 0 Å². The molecule has 1 aliphatic rings. The standard InChI is InChI=1S/C13H24N2O4/c1-9(2)13(19)14-11-5-10(6-12(17)18)7-15(8-11)3-4-16/h9-11,16H,3-8H2,1-2H3,(H,14,19)(H,17,18). The van der Waals surface area contributed by atoms with Crippen molar-refractivity contribution in [3.05, 3.63) is 0 Å². The molecule has 2 unspecified atom stereocenters. The smallest absolute Gasteiger partial charge is 0.303 e. The van der Waals surface area contributed by atoms with Crippen LogP contribution in [0.25, 0.3) is 0 Å². The number of carbonyl (C=O) groups excluding carboxylic acids is 1. The number of hydrogen-bond donors (Lipinski definition) is 3. The molecule has 19 heavy (non-hydrogen) atoms. The van der Waals surface area contributed by atoms with Gasteiger partial charge in [-0.2, -0.15) is 0 Å². The summed E-state index contributed by atoms with van der Waals surface area (Å²) < 4.78 is 0. The monoisotopic (exact) mass is 272 g/mol. The number of piperidine rings is 1. The van der Waals surface area contributed by atoms with Gasteiger partial charge in [0.2, 0.25) is 5.91 Å². The number of aliphatic carboxylic acids is 1. The second kappa shape index (κ2) is 7.45. The van der Waals surface area contributed by atoms with E-state index in [0.29, 0.717) is 26.1 Å². The van der Waals surface area contributed by atoms with Crippen molar-refractivity contribution in [2.75, 3.05) is 26.2 Å². The average molecular weight is 272 g/mol. The Labute approximate surface area is 113 Å². The zero-order chi connectivity index (χ0) is 14.4. The molecule has 3 N–H and O–H groups in total. The molecule has 0 aromatic carbocycles. The maximum atomic E-state index is 11.7. The second-order valence-corrected chi connectivity index (χ2v) is 5.54. The molecule has 0 aromatic heterocycles. The van der Waals surface area contributed by atoms with Gasteiger partial charge in [-0.3, -0.25) is 14.5 Å². The summed E-state index contributed by atoms with van der Waals surface area (Å²) in [7, 11) is 0. The number of aliphatic hydroxyl groups is 1. The zero-order valence-corrected chi connectivity index (χ0v) is 11.6. The van der Waals surface area contributed by atoms with Gasteiger partial charge in [0.25, 0.3) is 0 Å². The number of rotatable bonds is 6. The molecule has 0 aliphatic carbocycles. The number of β-amino-alcohol motifs (C(OH)–C–C–N with tert-alkyl or cyclic N) is 1. The van der Waals surface area contributed by atoms with Crippen LogP contribution in [0.15, 0.2) is 0 Å². The van der Waals surface area contributed by atoms with Gasteiger partial charge < -0.3 is 15.5 Å². The van der Waals surface area contributed by atoms with Crippen molar-refractivity contribution < 1.29 is 19.8 Å². The minimum atomic E-state index is -0.815. The molecule has 1 saturated heterocycles. The molecule has 2 atom stereocenters. The molecular formula is C13H24N2O4. The van der Waals surface area contributed by atoms with E-state index in [4.69, 9.17) is 10.2 Å². The van der Waals surface area contributed by atoms with Crippen LogP contribution in [0.4, 0.5) is 0 Å². The van der Waals surface area contributed by atoms with Crippen molar-refractivity contribution in [1.29, 1.82) is 0 Å². The van der Waals surface area contributed by atoms with E-state index < -0.39 is 5.97 Å². The van der Waals surface area contributed by atoms with Gasteiger partial charge in [-0.05, 0) is 12.3 Å². The van der Waals surface area contributed by atoms with Crippen LogP contribution >= 0.6 is 0 Å². The lowest BCUT2D eigenvalue weighted by atomic mass is 9.91. The van der Waals surface area contributed by atoms with Crippen molar-refractivity contribution in [3.8, 4) is 0 Å². The number of carboxylic acid groups (broad SMARTS) is 1. The van der Waals surface area contributed by atoms with Crippen LogP contribution in [0.2, 0.25) is 0 Å². The average Bonchev–Trinajstić information content (AvgIpc) is 2.27. The Morgan fingerprint density at radius 1 is 1.37 bits per heavy atom. The van der Waals surface area contributed by atoms with Crippen molar-refractivity contribution in [2.45, 2.75) is 32.7 Å². The number of carbonyl (C=O) groups is 2. The summed E-state index contributed by atoms with van der Waals surface area (Å²) in [5.74, 6) is -0.879. The summed E-state index contributed by atoms with van der Waals surface area (Å²) in [6.45, 7) is 5.57. The molecule has 0 aromatic rings. The summed E-state index contributed by atoms with van der Waals surface area (Å²) in [6, 6.07) is -0.0282. The summed E-state index contributed by atoms with van der Waals surface area (Å²) in [5, 5.41) is 20.8. The van der Waals surface area contributed by atoms with Crippen molar-refractivity contribution in [1.82, 2.24) is 10.2 Å².